The molecule has 0 aliphatic rings. The maximum Gasteiger partial charge on any atom is 0.322 e. The molecule has 2 unspecified atom stereocenters. The second-order valence-electron chi connectivity index (χ2n) is 5.75. The summed E-state index contributed by atoms with van der Waals surface area (Å²) in [6.07, 6.45) is 3.50. The summed E-state index contributed by atoms with van der Waals surface area (Å²) in [7, 11) is 0. The molecule has 9 nitrogen and oxygen atoms in total. The van der Waals surface area contributed by atoms with Crippen LogP contribution in [0.5, 0.6) is 0 Å². The minimum absolute atomic E-state index is 0.217. The van der Waals surface area contributed by atoms with Gasteiger partial charge in [0.05, 0.1) is 12.4 Å². The van der Waals surface area contributed by atoms with E-state index >= 15 is 0 Å². The van der Waals surface area contributed by atoms with E-state index in [9.17, 15) is 14.4 Å². The van der Waals surface area contributed by atoms with E-state index in [4.69, 9.17) is 10.8 Å². The Kier molecular flexibility index (Phi) is 6.86. The van der Waals surface area contributed by atoms with Gasteiger partial charge in [0.1, 0.15) is 12.6 Å². The van der Waals surface area contributed by atoms with Crippen molar-refractivity contribution in [2.24, 2.45) is 5.73 Å². The number of aliphatic carboxylic acids is 1. The van der Waals surface area contributed by atoms with Gasteiger partial charge in [0.15, 0.2) is 0 Å². The van der Waals surface area contributed by atoms with Crippen LogP contribution in [0.4, 0.5) is 0 Å². The van der Waals surface area contributed by atoms with Crippen molar-refractivity contribution in [3.05, 3.63) is 54.1 Å². The van der Waals surface area contributed by atoms with E-state index in [1.807, 2.05) is 30.3 Å². The Hall–Kier alpha value is -3.20. The van der Waals surface area contributed by atoms with E-state index in [1.165, 1.54) is 6.33 Å². The van der Waals surface area contributed by atoms with Crippen LogP contribution in [0.15, 0.2) is 42.9 Å². The van der Waals surface area contributed by atoms with Crippen molar-refractivity contribution in [2.45, 2.75) is 24.9 Å². The Labute approximate surface area is 150 Å². The summed E-state index contributed by atoms with van der Waals surface area (Å²) >= 11 is 0. The molecule has 2 atom stereocenters. The number of hydrogen-bond donors (Lipinski definition) is 5. The largest absolute Gasteiger partial charge is 0.480 e. The lowest BCUT2D eigenvalue weighted by Crippen LogP contribution is -2.53. The molecule has 9 heteroatoms. The van der Waals surface area contributed by atoms with Crippen molar-refractivity contribution >= 4 is 17.8 Å². The minimum Gasteiger partial charge on any atom is -0.480 e. The molecule has 0 radical (unpaired) electrons. The van der Waals surface area contributed by atoms with E-state index in [0.717, 1.165) is 5.56 Å². The standard InChI is InChI=1S/C17H21N5O4/c18-13(7-12-8-19-10-21-12)16(25)22-14(17(26)20-9-15(23)24)6-11-4-2-1-3-5-11/h1-5,8,10,13-14H,6-7,9,18H2,(H,19,21)(H,20,26)(H,22,25)(H,23,24). The number of imidazole rings is 1. The van der Waals surface area contributed by atoms with Crippen molar-refractivity contribution in [3.63, 3.8) is 0 Å². The molecule has 1 aromatic carbocycles. The number of rotatable bonds is 9. The highest BCUT2D eigenvalue weighted by Gasteiger charge is 2.24. The molecule has 0 aliphatic carbocycles. The number of nitrogens with zero attached hydrogens (tertiary/aromatic N) is 1. The lowest BCUT2D eigenvalue weighted by Gasteiger charge is -2.20. The predicted octanol–water partition coefficient (Wildman–Crippen LogP) is -0.792. The lowest BCUT2D eigenvalue weighted by molar-refractivity contribution is -0.138. The van der Waals surface area contributed by atoms with Crippen molar-refractivity contribution in [2.75, 3.05) is 6.54 Å². The molecule has 2 amide bonds. The summed E-state index contributed by atoms with van der Waals surface area (Å²) in [5, 5.41) is 13.6. The van der Waals surface area contributed by atoms with Crippen molar-refractivity contribution < 1.29 is 19.5 Å². The topological polar surface area (TPSA) is 150 Å². The number of carboxylic acid groups (broad SMARTS) is 1. The zero-order valence-corrected chi connectivity index (χ0v) is 14.0. The molecule has 138 valence electrons. The van der Waals surface area contributed by atoms with Crippen LogP contribution < -0.4 is 16.4 Å². The van der Waals surface area contributed by atoms with E-state index in [2.05, 4.69) is 20.6 Å². The molecule has 26 heavy (non-hydrogen) atoms. The van der Waals surface area contributed by atoms with Crippen LogP contribution in [0.2, 0.25) is 0 Å². The molecule has 1 aromatic heterocycles. The SMILES string of the molecule is NC(Cc1cnc[nH]1)C(=O)NC(Cc1ccccc1)C(=O)NCC(=O)O. The molecule has 0 saturated carbocycles. The maximum atomic E-state index is 12.3. The second kappa shape index (κ2) is 9.33. The summed E-state index contributed by atoms with van der Waals surface area (Å²) in [6.45, 7) is -0.528. The number of nitrogens with one attached hydrogen (secondary N) is 3. The summed E-state index contributed by atoms with van der Waals surface area (Å²) in [4.78, 5) is 42.0. The zero-order valence-electron chi connectivity index (χ0n) is 14.0. The second-order valence-corrected chi connectivity index (χ2v) is 5.75. The molecule has 0 bridgehead atoms. The first-order chi connectivity index (χ1) is 12.5. The number of carbonyl (C=O) groups excluding carboxylic acids is 2. The Balaban J connectivity index is 2.02. The highest BCUT2D eigenvalue weighted by molar-refractivity contribution is 5.91. The van der Waals surface area contributed by atoms with Crippen LogP contribution in [0.1, 0.15) is 11.3 Å². The summed E-state index contributed by atoms with van der Waals surface area (Å²) < 4.78 is 0. The fourth-order valence-electron chi connectivity index (χ4n) is 2.35. The number of amides is 2. The van der Waals surface area contributed by atoms with Gasteiger partial charge < -0.3 is 26.5 Å². The van der Waals surface area contributed by atoms with Crippen LogP contribution in [-0.4, -0.2) is 51.5 Å². The number of carbonyl (C=O) groups is 3. The normalized spacial score (nSPS) is 12.8. The van der Waals surface area contributed by atoms with Gasteiger partial charge in [0.25, 0.3) is 0 Å². The molecule has 0 fully saturated rings. The fourth-order valence-corrected chi connectivity index (χ4v) is 2.35. The first kappa shape index (κ1) is 19.1. The third-order valence-corrected chi connectivity index (χ3v) is 3.66. The monoisotopic (exact) mass is 359 g/mol. The molecule has 6 N–H and O–H groups in total. The van der Waals surface area contributed by atoms with E-state index in [0.29, 0.717) is 5.69 Å². The van der Waals surface area contributed by atoms with E-state index in [-0.39, 0.29) is 12.8 Å². The molecule has 0 spiro atoms. The molecular weight excluding hydrogens is 338 g/mol. The number of hydrogen-bond acceptors (Lipinski definition) is 5. The van der Waals surface area contributed by atoms with Gasteiger partial charge in [0.2, 0.25) is 11.8 Å². The number of aromatic nitrogens is 2. The lowest BCUT2D eigenvalue weighted by atomic mass is 10.0. The molecular formula is C17H21N5O4. The van der Waals surface area contributed by atoms with Gasteiger partial charge in [-0.25, -0.2) is 4.98 Å². The highest BCUT2D eigenvalue weighted by Crippen LogP contribution is 2.05. The molecule has 1 heterocycles. The number of H-pyrrole nitrogens is 1. The van der Waals surface area contributed by atoms with Crippen molar-refractivity contribution in [3.8, 4) is 0 Å². The van der Waals surface area contributed by atoms with Gasteiger partial charge in [-0.15, -0.1) is 0 Å². The third kappa shape index (κ3) is 6.02. The first-order valence-corrected chi connectivity index (χ1v) is 8.02. The molecule has 2 rings (SSSR count). The summed E-state index contributed by atoms with van der Waals surface area (Å²) in [5.74, 6) is -2.26. The Morgan fingerprint density at radius 3 is 2.50 bits per heavy atom. The fraction of sp³-hybridized carbons (Fsp3) is 0.294. The Morgan fingerprint density at radius 1 is 1.15 bits per heavy atom. The van der Waals surface area contributed by atoms with Gasteiger partial charge in [0, 0.05) is 24.7 Å². The van der Waals surface area contributed by atoms with E-state index in [1.54, 1.807) is 6.20 Å². The van der Waals surface area contributed by atoms with Crippen molar-refractivity contribution in [1.29, 1.82) is 0 Å². The number of benzene rings is 1. The van der Waals surface area contributed by atoms with Crippen LogP contribution in [0.3, 0.4) is 0 Å². The maximum absolute atomic E-state index is 12.3. The van der Waals surface area contributed by atoms with Gasteiger partial charge in [-0.1, -0.05) is 30.3 Å². The average molecular weight is 359 g/mol. The minimum atomic E-state index is -1.17. The van der Waals surface area contributed by atoms with Gasteiger partial charge in [-0.2, -0.15) is 0 Å². The average Bonchev–Trinajstić information content (AvgIpc) is 3.12. The van der Waals surface area contributed by atoms with Crippen LogP contribution in [-0.2, 0) is 27.2 Å². The van der Waals surface area contributed by atoms with E-state index < -0.39 is 36.4 Å². The van der Waals surface area contributed by atoms with Crippen LogP contribution in [0.25, 0.3) is 0 Å². The molecule has 2 aromatic rings. The smallest absolute Gasteiger partial charge is 0.322 e. The van der Waals surface area contributed by atoms with Gasteiger partial charge in [-0.05, 0) is 5.56 Å². The number of nitrogens with two attached hydrogens (primary N) is 1. The summed E-state index contributed by atoms with van der Waals surface area (Å²) in [5.41, 5.74) is 7.41. The Bertz CT molecular complexity index is 733. The highest BCUT2D eigenvalue weighted by atomic mass is 16.4. The quantitative estimate of drug-likeness (QED) is 0.396. The number of aromatic amines is 1. The third-order valence-electron chi connectivity index (χ3n) is 3.66. The van der Waals surface area contributed by atoms with Crippen LogP contribution >= 0.6 is 0 Å². The van der Waals surface area contributed by atoms with Gasteiger partial charge in [-0.3, -0.25) is 14.4 Å². The van der Waals surface area contributed by atoms with Crippen LogP contribution in [0, 0.1) is 0 Å². The number of carboxylic acids is 1. The van der Waals surface area contributed by atoms with Crippen molar-refractivity contribution in [1.82, 2.24) is 20.6 Å². The first-order valence-electron chi connectivity index (χ1n) is 8.02. The molecule has 0 aliphatic heterocycles. The molecule has 0 saturated heterocycles. The van der Waals surface area contributed by atoms with Gasteiger partial charge >= 0.3 is 5.97 Å². The predicted molar refractivity (Wildman–Crippen MR) is 93.0 cm³/mol. The zero-order chi connectivity index (χ0) is 18.9. The summed E-state index contributed by atoms with van der Waals surface area (Å²) in [6, 6.07) is 7.28. The Morgan fingerprint density at radius 2 is 1.88 bits per heavy atom.